The van der Waals surface area contributed by atoms with E-state index in [4.69, 9.17) is 16.7 Å². The van der Waals surface area contributed by atoms with Crippen molar-refractivity contribution < 1.29 is 37.8 Å². The first-order valence-corrected chi connectivity index (χ1v) is 11.5. The first kappa shape index (κ1) is 24.8. The molecule has 0 aliphatic heterocycles. The first-order valence-electron chi connectivity index (χ1n) is 11.1. The number of rotatable bonds is 7. The maximum atomic E-state index is 13.6. The van der Waals surface area contributed by atoms with Crippen LogP contribution in [0.5, 0.6) is 0 Å². The van der Waals surface area contributed by atoms with Crippen molar-refractivity contribution in [1.29, 1.82) is 0 Å². The number of carboxylic acids is 1. The molecule has 0 spiro atoms. The summed E-state index contributed by atoms with van der Waals surface area (Å²) < 4.78 is 41.4. The lowest BCUT2D eigenvalue weighted by Crippen LogP contribution is -2.40. The van der Waals surface area contributed by atoms with Gasteiger partial charge in [-0.2, -0.15) is 13.2 Å². The summed E-state index contributed by atoms with van der Waals surface area (Å²) in [4.78, 5) is 24.2. The molecular weight excluding hydrogens is 485 g/mol. The molecule has 1 amide bonds. The molecule has 1 saturated carbocycles. The van der Waals surface area contributed by atoms with E-state index in [-0.39, 0.29) is 35.2 Å². The molecule has 1 atom stereocenters. The Bertz CT molecular complexity index is 1220. The number of hydrogen-bond donors (Lipinski definition) is 3. The molecule has 10 heteroatoms. The third-order valence-electron chi connectivity index (χ3n) is 6.19. The standard InChI is InChI=1S/C25H22ClF3N2O4/c26-17-6-9-21(25(27,28)29)19(12-17)16-5-10-22(31(35)13-16)20(11-14-1-2-14)23(32)30-18-7-3-15(4-8-18)24(33)34/h3-5,7-8,10,12-14,20H,1-2,6,9,11H2,(H2-,30,32,33,34,35)/p+1. The summed E-state index contributed by atoms with van der Waals surface area (Å²) in [7, 11) is 0. The highest BCUT2D eigenvalue weighted by Gasteiger charge is 2.39. The molecular formula is C25H23ClF3N2O4+. The van der Waals surface area contributed by atoms with Gasteiger partial charge in [-0.15, -0.1) is 0 Å². The van der Waals surface area contributed by atoms with Crippen molar-refractivity contribution in [3.05, 3.63) is 76.1 Å². The number of nitrogens with zero attached hydrogens (tertiary/aromatic N) is 1. The van der Waals surface area contributed by atoms with Crippen LogP contribution in [0.25, 0.3) is 5.57 Å². The normalized spacial score (nSPS) is 17.1. The molecule has 0 bridgehead atoms. The minimum atomic E-state index is -4.53. The zero-order valence-corrected chi connectivity index (χ0v) is 19.2. The van der Waals surface area contributed by atoms with Crippen LogP contribution in [0.4, 0.5) is 18.9 Å². The molecule has 4 rings (SSSR count). The number of pyridine rings is 1. The van der Waals surface area contributed by atoms with Crippen molar-refractivity contribution in [1.82, 2.24) is 0 Å². The Morgan fingerprint density at radius 1 is 1.11 bits per heavy atom. The summed E-state index contributed by atoms with van der Waals surface area (Å²) >= 11 is 6.01. The number of amides is 1. The number of aromatic nitrogens is 1. The monoisotopic (exact) mass is 507 g/mol. The number of benzene rings is 1. The van der Waals surface area contributed by atoms with Crippen molar-refractivity contribution in [2.24, 2.45) is 5.92 Å². The van der Waals surface area contributed by atoms with Crippen LogP contribution in [0.1, 0.15) is 59.6 Å². The number of carbonyl (C=O) groups is 2. The van der Waals surface area contributed by atoms with Gasteiger partial charge in [-0.1, -0.05) is 24.4 Å². The largest absolute Gasteiger partial charge is 0.478 e. The fourth-order valence-electron chi connectivity index (χ4n) is 4.16. The molecule has 184 valence electrons. The maximum Gasteiger partial charge on any atom is 0.413 e. The summed E-state index contributed by atoms with van der Waals surface area (Å²) in [6.07, 6.45) is 0.0871. The second-order valence-corrected chi connectivity index (χ2v) is 9.26. The lowest BCUT2D eigenvalue weighted by molar-refractivity contribution is -0.910. The van der Waals surface area contributed by atoms with E-state index >= 15 is 0 Å². The number of alkyl halides is 3. The van der Waals surface area contributed by atoms with Gasteiger partial charge >= 0.3 is 12.1 Å². The molecule has 2 aliphatic rings. The molecule has 0 saturated heterocycles. The Hall–Kier alpha value is -3.33. The molecule has 1 unspecified atom stereocenters. The van der Waals surface area contributed by atoms with Gasteiger partial charge in [0.25, 0.3) is 0 Å². The van der Waals surface area contributed by atoms with Crippen molar-refractivity contribution in [3.63, 3.8) is 0 Å². The van der Waals surface area contributed by atoms with Gasteiger partial charge in [0.1, 0.15) is 5.92 Å². The zero-order chi connectivity index (χ0) is 25.3. The second kappa shape index (κ2) is 9.73. The van der Waals surface area contributed by atoms with E-state index in [9.17, 15) is 28.0 Å². The molecule has 3 N–H and O–H groups in total. The lowest BCUT2D eigenvalue weighted by atomic mass is 9.91. The highest BCUT2D eigenvalue weighted by molar-refractivity contribution is 6.30. The fourth-order valence-corrected chi connectivity index (χ4v) is 4.36. The minimum absolute atomic E-state index is 0.0747. The summed E-state index contributed by atoms with van der Waals surface area (Å²) in [5.41, 5.74) is 0.0164. The number of aromatic carboxylic acids is 1. The summed E-state index contributed by atoms with van der Waals surface area (Å²) in [6.45, 7) is 0. The highest BCUT2D eigenvalue weighted by atomic mass is 35.5. The number of carbonyl (C=O) groups excluding carboxylic acids is 1. The topological polar surface area (TPSA) is 90.5 Å². The molecule has 2 aromatic rings. The fraction of sp³-hybridized carbons (Fsp3) is 0.320. The number of anilines is 1. The molecule has 2 aliphatic carbocycles. The minimum Gasteiger partial charge on any atom is -0.478 e. The Labute approximate surface area is 204 Å². The van der Waals surface area contributed by atoms with E-state index in [0.29, 0.717) is 27.8 Å². The van der Waals surface area contributed by atoms with Crippen LogP contribution >= 0.6 is 11.6 Å². The van der Waals surface area contributed by atoms with Crippen LogP contribution in [-0.2, 0) is 4.79 Å². The Balaban J connectivity index is 1.63. The van der Waals surface area contributed by atoms with Crippen LogP contribution in [0, 0.1) is 5.92 Å². The van der Waals surface area contributed by atoms with E-state index in [0.717, 1.165) is 19.0 Å². The maximum absolute atomic E-state index is 13.6. The molecule has 35 heavy (non-hydrogen) atoms. The van der Waals surface area contributed by atoms with Gasteiger partial charge in [0.15, 0.2) is 0 Å². The number of hydrogen-bond acceptors (Lipinski definition) is 3. The molecule has 1 fully saturated rings. The molecule has 0 radical (unpaired) electrons. The van der Waals surface area contributed by atoms with E-state index < -0.39 is 29.5 Å². The SMILES string of the molecule is O=C(O)c1ccc(NC(=O)C(CC2CC2)c2ccc(C3=C(C(F)(F)F)CCC(Cl)=C3)c[n+]2O)cc1. The zero-order valence-electron chi connectivity index (χ0n) is 18.5. The van der Waals surface area contributed by atoms with Gasteiger partial charge in [0.2, 0.25) is 17.8 Å². The predicted molar refractivity (Wildman–Crippen MR) is 122 cm³/mol. The Morgan fingerprint density at radius 2 is 1.80 bits per heavy atom. The number of allylic oxidation sites excluding steroid dienone is 4. The van der Waals surface area contributed by atoms with Crippen molar-refractivity contribution in [3.8, 4) is 0 Å². The molecule has 1 heterocycles. The summed E-state index contributed by atoms with van der Waals surface area (Å²) in [6, 6.07) is 8.57. The van der Waals surface area contributed by atoms with Gasteiger partial charge in [-0.25, -0.2) is 4.79 Å². The Morgan fingerprint density at radius 3 is 2.37 bits per heavy atom. The van der Waals surface area contributed by atoms with Crippen LogP contribution < -0.4 is 10.0 Å². The van der Waals surface area contributed by atoms with E-state index in [2.05, 4.69) is 5.32 Å². The van der Waals surface area contributed by atoms with Gasteiger partial charge < -0.3 is 10.4 Å². The number of carboxylic acid groups (broad SMARTS) is 1. The summed E-state index contributed by atoms with van der Waals surface area (Å²) in [5.74, 6) is -1.96. The Kier molecular flexibility index (Phi) is 6.89. The van der Waals surface area contributed by atoms with Gasteiger partial charge in [-0.3, -0.25) is 10.0 Å². The van der Waals surface area contributed by atoms with Crippen LogP contribution in [0.15, 0.2) is 59.3 Å². The third-order valence-corrected chi connectivity index (χ3v) is 6.49. The first-order chi connectivity index (χ1) is 16.5. The molecule has 1 aromatic carbocycles. The van der Waals surface area contributed by atoms with Crippen molar-refractivity contribution in [2.45, 2.75) is 44.2 Å². The third kappa shape index (κ3) is 5.85. The van der Waals surface area contributed by atoms with Gasteiger partial charge in [0.05, 0.1) is 11.1 Å². The van der Waals surface area contributed by atoms with Gasteiger partial charge in [0, 0.05) is 27.1 Å². The van der Waals surface area contributed by atoms with Crippen LogP contribution in [0.2, 0.25) is 0 Å². The van der Waals surface area contributed by atoms with E-state index in [1.807, 2.05) is 0 Å². The smallest absolute Gasteiger partial charge is 0.413 e. The van der Waals surface area contributed by atoms with Gasteiger partial charge in [-0.05, 0) is 67.2 Å². The average molecular weight is 508 g/mol. The molecule has 6 nitrogen and oxygen atoms in total. The van der Waals surface area contributed by atoms with Crippen molar-refractivity contribution >= 4 is 34.7 Å². The van der Waals surface area contributed by atoms with E-state index in [1.165, 1.54) is 42.5 Å². The number of nitrogens with one attached hydrogen (secondary N) is 1. The van der Waals surface area contributed by atoms with Crippen LogP contribution in [0.3, 0.4) is 0 Å². The predicted octanol–water partition coefficient (Wildman–Crippen LogP) is 5.66. The highest BCUT2D eigenvalue weighted by Crippen LogP contribution is 2.42. The molecule has 1 aromatic heterocycles. The quantitative estimate of drug-likeness (QED) is 0.333. The van der Waals surface area contributed by atoms with Crippen molar-refractivity contribution in [2.75, 3.05) is 5.32 Å². The lowest BCUT2D eigenvalue weighted by Gasteiger charge is -2.20. The van der Waals surface area contributed by atoms with E-state index in [1.54, 1.807) is 0 Å². The van der Waals surface area contributed by atoms with Crippen LogP contribution in [-0.4, -0.2) is 28.4 Å². The number of halogens is 4. The average Bonchev–Trinajstić information content (AvgIpc) is 3.61. The second-order valence-electron chi connectivity index (χ2n) is 8.77. The summed E-state index contributed by atoms with van der Waals surface area (Å²) in [5, 5.41) is 22.8.